The Morgan fingerprint density at radius 2 is 1.95 bits per heavy atom. The maximum Gasteiger partial charge on any atom is 0.228 e. The third kappa shape index (κ3) is 4.80. The smallest absolute Gasteiger partial charge is 0.228 e. The molecule has 1 aliphatic rings. The van der Waals surface area contributed by atoms with Crippen LogP contribution >= 0.6 is 0 Å². The molecule has 1 N–H and O–H groups in total. The third-order valence-electron chi connectivity index (χ3n) is 4.86. The lowest BCUT2D eigenvalue weighted by Crippen LogP contribution is -2.27. The van der Waals surface area contributed by atoms with Gasteiger partial charge in [-0.05, 0) is 45.1 Å². The van der Waals surface area contributed by atoms with Crippen LogP contribution in [0.3, 0.4) is 0 Å². The summed E-state index contributed by atoms with van der Waals surface area (Å²) in [6.45, 7) is 4.49. The van der Waals surface area contributed by atoms with Gasteiger partial charge in [0.2, 0.25) is 5.89 Å². The highest BCUT2D eigenvalue weighted by molar-refractivity contribution is 4.98. The maximum absolute atomic E-state index is 5.47. The first kappa shape index (κ1) is 16.5. The summed E-state index contributed by atoms with van der Waals surface area (Å²) in [5.41, 5.74) is 0. The van der Waals surface area contributed by atoms with Crippen molar-refractivity contribution in [1.82, 2.24) is 15.5 Å². The highest BCUT2D eigenvalue weighted by Crippen LogP contribution is 2.36. The minimum atomic E-state index is 0.448. The molecule has 0 bridgehead atoms. The molecule has 1 unspecified atom stereocenters. The van der Waals surface area contributed by atoms with Crippen LogP contribution in [0.4, 0.5) is 0 Å². The van der Waals surface area contributed by atoms with Crippen molar-refractivity contribution < 1.29 is 4.52 Å². The predicted molar refractivity (Wildman–Crippen MR) is 85.4 cm³/mol. The van der Waals surface area contributed by atoms with Gasteiger partial charge in [0.05, 0.1) is 0 Å². The van der Waals surface area contributed by atoms with E-state index < -0.39 is 0 Å². The number of nitrogens with zero attached hydrogens (tertiary/aromatic N) is 2. The Balaban J connectivity index is 1.85. The van der Waals surface area contributed by atoms with E-state index in [1.54, 1.807) is 0 Å². The number of hydrogen-bond donors (Lipinski definition) is 1. The lowest BCUT2D eigenvalue weighted by Gasteiger charge is -2.26. The van der Waals surface area contributed by atoms with Gasteiger partial charge in [-0.2, -0.15) is 4.98 Å². The minimum absolute atomic E-state index is 0.448. The van der Waals surface area contributed by atoms with Crippen LogP contribution in [0.5, 0.6) is 0 Å². The Kier molecular flexibility index (Phi) is 6.68. The fourth-order valence-electron chi connectivity index (χ4n) is 3.54. The molecule has 0 saturated heterocycles. The average molecular weight is 293 g/mol. The summed E-state index contributed by atoms with van der Waals surface area (Å²) in [4.78, 5) is 4.66. The molecule has 1 aliphatic carbocycles. The first-order chi connectivity index (χ1) is 10.3. The molecule has 21 heavy (non-hydrogen) atoms. The minimum Gasteiger partial charge on any atom is -0.339 e. The summed E-state index contributed by atoms with van der Waals surface area (Å²) < 4.78 is 5.47. The second-order valence-electron chi connectivity index (χ2n) is 6.53. The van der Waals surface area contributed by atoms with Gasteiger partial charge in [-0.3, -0.25) is 0 Å². The molecule has 1 heterocycles. The molecule has 120 valence electrons. The van der Waals surface area contributed by atoms with Gasteiger partial charge in [0, 0.05) is 18.4 Å². The summed E-state index contributed by atoms with van der Waals surface area (Å²) in [5.74, 6) is 3.20. The maximum atomic E-state index is 5.47. The van der Waals surface area contributed by atoms with Crippen LogP contribution in [0.2, 0.25) is 0 Å². The zero-order valence-corrected chi connectivity index (χ0v) is 13.9. The van der Waals surface area contributed by atoms with Crippen molar-refractivity contribution >= 4 is 0 Å². The number of rotatable bonds is 8. The van der Waals surface area contributed by atoms with Gasteiger partial charge in [0.25, 0.3) is 0 Å². The summed E-state index contributed by atoms with van der Waals surface area (Å²) in [6.07, 6.45) is 11.0. The van der Waals surface area contributed by atoms with E-state index in [4.69, 9.17) is 4.52 Å². The molecule has 1 saturated carbocycles. The normalized spacial score (nSPS) is 24.1. The lowest BCUT2D eigenvalue weighted by atomic mass is 9.80. The molecule has 4 heteroatoms. The van der Waals surface area contributed by atoms with E-state index in [0.29, 0.717) is 12.0 Å². The highest BCUT2D eigenvalue weighted by atomic mass is 16.5. The van der Waals surface area contributed by atoms with Crippen molar-refractivity contribution in [3.8, 4) is 0 Å². The Labute approximate surface area is 129 Å². The second-order valence-corrected chi connectivity index (χ2v) is 6.53. The zero-order chi connectivity index (χ0) is 15.1. The Morgan fingerprint density at radius 3 is 2.57 bits per heavy atom. The van der Waals surface area contributed by atoms with Crippen LogP contribution in [0.25, 0.3) is 0 Å². The van der Waals surface area contributed by atoms with Gasteiger partial charge in [-0.25, -0.2) is 0 Å². The third-order valence-corrected chi connectivity index (χ3v) is 4.86. The average Bonchev–Trinajstić information content (AvgIpc) is 2.96. The standard InChI is InChI=1S/C17H31N3O/c1-4-6-13-8-10-14(11-9-13)17-19-16(21-20-17)12-15(18-3)7-5-2/h13-15,18H,4-12H2,1-3H3. The predicted octanol–water partition coefficient (Wildman–Crippen LogP) is 4.07. The fourth-order valence-corrected chi connectivity index (χ4v) is 3.54. The van der Waals surface area contributed by atoms with Crippen LogP contribution in [-0.2, 0) is 6.42 Å². The number of hydrogen-bond acceptors (Lipinski definition) is 4. The van der Waals surface area contributed by atoms with Gasteiger partial charge < -0.3 is 9.84 Å². The lowest BCUT2D eigenvalue weighted by molar-refractivity contribution is 0.294. The monoisotopic (exact) mass is 293 g/mol. The van der Waals surface area contributed by atoms with Gasteiger partial charge in [-0.1, -0.05) is 38.3 Å². The molecule has 1 atom stereocenters. The molecular weight excluding hydrogens is 262 g/mol. The molecular formula is C17H31N3O. The molecule has 1 fully saturated rings. The topological polar surface area (TPSA) is 51.0 Å². The van der Waals surface area contributed by atoms with Gasteiger partial charge >= 0.3 is 0 Å². The van der Waals surface area contributed by atoms with Gasteiger partial charge in [-0.15, -0.1) is 0 Å². The second kappa shape index (κ2) is 8.52. The van der Waals surface area contributed by atoms with Gasteiger partial charge in [0.15, 0.2) is 5.82 Å². The van der Waals surface area contributed by atoms with Crippen molar-refractivity contribution in [2.24, 2.45) is 5.92 Å². The first-order valence-electron chi connectivity index (χ1n) is 8.76. The van der Waals surface area contributed by atoms with Crippen molar-refractivity contribution in [3.63, 3.8) is 0 Å². The molecule has 1 aromatic rings. The largest absolute Gasteiger partial charge is 0.339 e. The molecule has 2 rings (SSSR count). The number of nitrogens with one attached hydrogen (secondary N) is 1. The van der Waals surface area contributed by atoms with Crippen molar-refractivity contribution in [2.75, 3.05) is 7.05 Å². The van der Waals surface area contributed by atoms with E-state index in [1.807, 2.05) is 7.05 Å². The van der Waals surface area contributed by atoms with E-state index >= 15 is 0 Å². The van der Waals surface area contributed by atoms with E-state index in [2.05, 4.69) is 29.3 Å². The fraction of sp³-hybridized carbons (Fsp3) is 0.882. The summed E-state index contributed by atoms with van der Waals surface area (Å²) in [7, 11) is 2.01. The van der Waals surface area contributed by atoms with Crippen molar-refractivity contribution in [2.45, 2.75) is 83.6 Å². The van der Waals surface area contributed by atoms with Crippen LogP contribution in [0, 0.1) is 5.92 Å². The van der Waals surface area contributed by atoms with Crippen molar-refractivity contribution in [1.29, 1.82) is 0 Å². The quantitative estimate of drug-likeness (QED) is 0.785. The van der Waals surface area contributed by atoms with Crippen LogP contribution < -0.4 is 5.32 Å². The summed E-state index contributed by atoms with van der Waals surface area (Å²) >= 11 is 0. The summed E-state index contributed by atoms with van der Waals surface area (Å²) in [6, 6.07) is 0.448. The molecule has 0 spiro atoms. The van der Waals surface area contributed by atoms with E-state index in [0.717, 1.165) is 30.5 Å². The Morgan fingerprint density at radius 1 is 1.19 bits per heavy atom. The molecule has 1 aromatic heterocycles. The molecule has 0 radical (unpaired) electrons. The van der Waals surface area contributed by atoms with Crippen LogP contribution in [-0.4, -0.2) is 23.2 Å². The molecule has 0 aliphatic heterocycles. The van der Waals surface area contributed by atoms with E-state index in [9.17, 15) is 0 Å². The van der Waals surface area contributed by atoms with Crippen molar-refractivity contribution in [3.05, 3.63) is 11.7 Å². The Hall–Kier alpha value is -0.900. The zero-order valence-electron chi connectivity index (χ0n) is 13.9. The number of aromatic nitrogens is 2. The number of likely N-dealkylation sites (N-methyl/N-ethyl adjacent to an activating group) is 1. The van der Waals surface area contributed by atoms with Gasteiger partial charge in [0.1, 0.15) is 0 Å². The van der Waals surface area contributed by atoms with Crippen LogP contribution in [0.1, 0.15) is 82.8 Å². The molecule has 4 nitrogen and oxygen atoms in total. The molecule has 0 aromatic carbocycles. The van der Waals surface area contributed by atoms with E-state index in [1.165, 1.54) is 44.9 Å². The molecule has 0 amide bonds. The Bertz CT molecular complexity index is 396. The van der Waals surface area contributed by atoms with E-state index in [-0.39, 0.29) is 0 Å². The van der Waals surface area contributed by atoms with Crippen LogP contribution in [0.15, 0.2) is 4.52 Å². The highest BCUT2D eigenvalue weighted by Gasteiger charge is 2.25. The SMILES string of the molecule is CCCC1CCC(c2noc(CC(CCC)NC)n2)CC1. The summed E-state index contributed by atoms with van der Waals surface area (Å²) in [5, 5.41) is 7.58. The first-order valence-corrected chi connectivity index (χ1v) is 8.76.